The molecule has 1 saturated heterocycles. The Morgan fingerprint density at radius 3 is 1.58 bits per heavy atom. The average Bonchev–Trinajstić information content (AvgIpc) is 2.92. The molecule has 0 radical (unpaired) electrons. The Morgan fingerprint density at radius 2 is 1.11 bits per heavy atom. The maximum atomic E-state index is 15.7. The number of ether oxygens (including phenoxy) is 4. The van der Waals surface area contributed by atoms with Crippen molar-refractivity contribution < 1.29 is 37.7 Å². The number of carbonyl (C=O) groups is 3. The van der Waals surface area contributed by atoms with Crippen molar-refractivity contribution in [2.75, 3.05) is 6.61 Å². The second-order valence-electron chi connectivity index (χ2n) is 8.26. The minimum atomic E-state index is -1.94. The molecule has 0 saturated carbocycles. The fraction of sp³-hybridized carbons (Fsp3) is 0.250. The van der Waals surface area contributed by atoms with Gasteiger partial charge in [0.15, 0.2) is 18.4 Å². The third kappa shape index (κ3) is 5.95. The van der Waals surface area contributed by atoms with Gasteiger partial charge in [-0.05, 0) is 43.3 Å². The Hall–Kier alpha value is -4.04. The van der Waals surface area contributed by atoms with Crippen LogP contribution >= 0.6 is 0 Å². The molecule has 0 spiro atoms. The molecular formula is C28H25FO7. The molecule has 36 heavy (non-hydrogen) atoms. The molecule has 186 valence electrons. The number of esters is 3. The Kier molecular flexibility index (Phi) is 8.07. The van der Waals surface area contributed by atoms with E-state index in [1.807, 2.05) is 0 Å². The lowest BCUT2D eigenvalue weighted by Gasteiger charge is -2.41. The largest absolute Gasteiger partial charge is 0.459 e. The first-order valence-electron chi connectivity index (χ1n) is 11.5. The van der Waals surface area contributed by atoms with E-state index in [1.54, 1.807) is 85.8 Å². The van der Waals surface area contributed by atoms with Gasteiger partial charge >= 0.3 is 17.9 Å². The van der Waals surface area contributed by atoms with Crippen LogP contribution in [0, 0.1) is 0 Å². The molecule has 3 aromatic carbocycles. The fourth-order valence-corrected chi connectivity index (χ4v) is 3.86. The van der Waals surface area contributed by atoms with Crippen molar-refractivity contribution in [3.63, 3.8) is 0 Å². The second kappa shape index (κ2) is 11.6. The van der Waals surface area contributed by atoms with Gasteiger partial charge < -0.3 is 18.9 Å². The summed E-state index contributed by atoms with van der Waals surface area (Å²) in [7, 11) is 0. The Morgan fingerprint density at radius 1 is 0.694 bits per heavy atom. The lowest BCUT2D eigenvalue weighted by molar-refractivity contribution is -0.206. The van der Waals surface area contributed by atoms with Gasteiger partial charge in [-0.3, -0.25) is 0 Å². The summed E-state index contributed by atoms with van der Waals surface area (Å²) in [6, 6.07) is 24.5. The quantitative estimate of drug-likeness (QED) is 0.356. The summed E-state index contributed by atoms with van der Waals surface area (Å²) in [4.78, 5) is 37.8. The molecule has 3 aromatic rings. The lowest BCUT2D eigenvalue weighted by Crippen LogP contribution is -2.59. The number of carbonyl (C=O) groups excluding carboxylic acids is 3. The number of hydrogen-bond donors (Lipinski definition) is 0. The fourth-order valence-electron chi connectivity index (χ4n) is 3.86. The first-order chi connectivity index (χ1) is 17.4. The van der Waals surface area contributed by atoms with Crippen LogP contribution in [-0.4, -0.2) is 55.1 Å². The van der Waals surface area contributed by atoms with E-state index in [1.165, 1.54) is 12.1 Å². The van der Waals surface area contributed by atoms with Gasteiger partial charge in [0.2, 0.25) is 0 Å². The number of benzene rings is 3. The molecule has 1 aliphatic heterocycles. The molecule has 0 N–H and O–H groups in total. The van der Waals surface area contributed by atoms with Crippen LogP contribution in [0.1, 0.15) is 38.0 Å². The molecule has 8 heteroatoms. The minimum Gasteiger partial charge on any atom is -0.459 e. The minimum absolute atomic E-state index is 0.212. The Bertz CT molecular complexity index is 1170. The molecule has 5 atom stereocenters. The third-order valence-electron chi connectivity index (χ3n) is 5.74. The van der Waals surface area contributed by atoms with E-state index in [0.29, 0.717) is 5.56 Å². The summed E-state index contributed by atoms with van der Waals surface area (Å²) < 4.78 is 37.8. The van der Waals surface area contributed by atoms with E-state index < -0.39 is 55.1 Å². The molecule has 1 heterocycles. The van der Waals surface area contributed by atoms with E-state index in [-0.39, 0.29) is 11.1 Å². The highest BCUT2D eigenvalue weighted by Gasteiger charge is 2.49. The van der Waals surface area contributed by atoms with Gasteiger partial charge in [-0.2, -0.15) is 0 Å². The van der Waals surface area contributed by atoms with Crippen molar-refractivity contribution in [1.29, 1.82) is 0 Å². The molecule has 0 amide bonds. The summed E-state index contributed by atoms with van der Waals surface area (Å²) in [6.07, 6.45) is -6.77. The molecule has 0 aliphatic carbocycles. The van der Waals surface area contributed by atoms with Crippen LogP contribution in [-0.2, 0) is 18.9 Å². The highest BCUT2D eigenvalue weighted by Crippen LogP contribution is 2.30. The van der Waals surface area contributed by atoms with E-state index in [9.17, 15) is 14.4 Å². The Labute approximate surface area is 207 Å². The molecule has 4 rings (SSSR count). The van der Waals surface area contributed by atoms with Crippen molar-refractivity contribution in [2.24, 2.45) is 0 Å². The van der Waals surface area contributed by atoms with Crippen LogP contribution in [0.15, 0.2) is 91.0 Å². The monoisotopic (exact) mass is 492 g/mol. The van der Waals surface area contributed by atoms with Crippen LogP contribution in [0.2, 0.25) is 0 Å². The molecule has 1 unspecified atom stereocenters. The average molecular weight is 492 g/mol. The van der Waals surface area contributed by atoms with E-state index >= 15 is 4.39 Å². The molecule has 0 bridgehead atoms. The van der Waals surface area contributed by atoms with Gasteiger partial charge in [0.05, 0.1) is 22.8 Å². The van der Waals surface area contributed by atoms with Crippen molar-refractivity contribution in [1.82, 2.24) is 0 Å². The van der Waals surface area contributed by atoms with Crippen molar-refractivity contribution >= 4 is 17.9 Å². The zero-order valence-electron chi connectivity index (χ0n) is 19.5. The SMILES string of the molecule is CC1O[C@H](COC(=O)c2ccccc2)[C@@H](F)[C@H](OC(=O)c2ccccc2)[C@H]1OC(=O)c1ccccc1. The standard InChI is InChI=1S/C28H25FO7/c1-18-24(35-27(31)20-13-7-3-8-14-20)25(36-28(32)21-15-9-4-10-16-21)23(29)22(34-18)17-33-26(30)19-11-5-2-6-12-19/h2-16,18,22-25H,17H2,1H3/t18?,22-,23-,24+,25+/m1/s1. The normalized spacial score (nSPS) is 23.3. The maximum Gasteiger partial charge on any atom is 0.338 e. The van der Waals surface area contributed by atoms with Crippen LogP contribution < -0.4 is 0 Å². The third-order valence-corrected chi connectivity index (χ3v) is 5.74. The zero-order chi connectivity index (χ0) is 25.5. The van der Waals surface area contributed by atoms with Gasteiger partial charge in [-0.25, -0.2) is 18.8 Å². The molecule has 1 aliphatic rings. The van der Waals surface area contributed by atoms with E-state index in [0.717, 1.165) is 0 Å². The number of rotatable bonds is 7. The van der Waals surface area contributed by atoms with E-state index in [4.69, 9.17) is 18.9 Å². The summed E-state index contributed by atoms with van der Waals surface area (Å²) >= 11 is 0. The van der Waals surface area contributed by atoms with Crippen LogP contribution in [0.3, 0.4) is 0 Å². The van der Waals surface area contributed by atoms with Crippen LogP contribution in [0.4, 0.5) is 4.39 Å². The van der Waals surface area contributed by atoms with Crippen LogP contribution in [0.25, 0.3) is 0 Å². The lowest BCUT2D eigenvalue weighted by atomic mass is 9.96. The highest BCUT2D eigenvalue weighted by atomic mass is 19.1. The van der Waals surface area contributed by atoms with Crippen molar-refractivity contribution in [3.05, 3.63) is 108 Å². The van der Waals surface area contributed by atoms with E-state index in [2.05, 4.69) is 0 Å². The topological polar surface area (TPSA) is 88.1 Å². The number of halogens is 1. The second-order valence-corrected chi connectivity index (χ2v) is 8.26. The number of alkyl halides is 1. The molecular weight excluding hydrogens is 467 g/mol. The first kappa shape index (κ1) is 25.1. The highest BCUT2D eigenvalue weighted by molar-refractivity contribution is 5.90. The summed E-state index contributed by atoms with van der Waals surface area (Å²) in [5.41, 5.74) is 0.773. The van der Waals surface area contributed by atoms with Gasteiger partial charge in [0.1, 0.15) is 12.7 Å². The predicted molar refractivity (Wildman–Crippen MR) is 127 cm³/mol. The van der Waals surface area contributed by atoms with Crippen molar-refractivity contribution in [3.8, 4) is 0 Å². The summed E-state index contributed by atoms with van der Waals surface area (Å²) in [5.74, 6) is -2.13. The summed E-state index contributed by atoms with van der Waals surface area (Å²) in [5, 5.41) is 0. The smallest absolute Gasteiger partial charge is 0.338 e. The van der Waals surface area contributed by atoms with Gasteiger partial charge in [0.25, 0.3) is 0 Å². The van der Waals surface area contributed by atoms with Gasteiger partial charge in [-0.1, -0.05) is 54.6 Å². The van der Waals surface area contributed by atoms with Crippen LogP contribution in [0.5, 0.6) is 0 Å². The number of hydrogen-bond acceptors (Lipinski definition) is 7. The molecule has 7 nitrogen and oxygen atoms in total. The van der Waals surface area contributed by atoms with Crippen molar-refractivity contribution in [2.45, 2.75) is 37.5 Å². The molecule has 1 fully saturated rings. The molecule has 0 aromatic heterocycles. The first-order valence-corrected chi connectivity index (χ1v) is 11.5. The predicted octanol–water partition coefficient (Wildman–Crippen LogP) is 4.42. The zero-order valence-corrected chi connectivity index (χ0v) is 19.5. The maximum absolute atomic E-state index is 15.7. The summed E-state index contributed by atoms with van der Waals surface area (Å²) in [6.45, 7) is 1.15. The van der Waals surface area contributed by atoms with Gasteiger partial charge in [0, 0.05) is 0 Å². The Balaban J connectivity index is 1.52. The van der Waals surface area contributed by atoms with Gasteiger partial charge in [-0.15, -0.1) is 0 Å².